The number of hydrogen-bond donors (Lipinski definition) is 1. The number of ketones is 1. The summed E-state index contributed by atoms with van der Waals surface area (Å²) in [4.78, 5) is 21.7. The molecule has 0 aliphatic heterocycles. The lowest BCUT2D eigenvalue weighted by Crippen LogP contribution is -2.59. The molecule has 0 radical (unpaired) electrons. The van der Waals surface area contributed by atoms with Crippen LogP contribution < -0.4 is 5.73 Å². The Kier molecular flexibility index (Phi) is 2.47. The molecule has 1 aliphatic carbocycles. The highest BCUT2D eigenvalue weighted by Gasteiger charge is 2.62. The van der Waals surface area contributed by atoms with Gasteiger partial charge in [0.2, 0.25) is 0 Å². The number of primary amides is 1. The number of ether oxygens (including phenoxy) is 1. The van der Waals surface area contributed by atoms with E-state index in [2.05, 4.69) is 4.74 Å². The Morgan fingerprint density at radius 2 is 1.93 bits per heavy atom. The van der Waals surface area contributed by atoms with E-state index in [4.69, 9.17) is 5.73 Å². The maximum Gasteiger partial charge on any atom is 0.405 e. The van der Waals surface area contributed by atoms with Crippen LogP contribution in [0.3, 0.4) is 0 Å². The molecule has 0 aromatic carbocycles. The van der Waals surface area contributed by atoms with Crippen LogP contribution in [0.2, 0.25) is 0 Å². The minimum Gasteiger partial charge on any atom is -0.435 e. The first-order valence-corrected chi connectivity index (χ1v) is 4.21. The van der Waals surface area contributed by atoms with Crippen molar-refractivity contribution in [3.05, 3.63) is 0 Å². The molecule has 0 aromatic heterocycles. The zero-order valence-electron chi connectivity index (χ0n) is 7.68. The zero-order valence-corrected chi connectivity index (χ0v) is 7.68. The highest BCUT2D eigenvalue weighted by molar-refractivity contribution is 5.90. The zero-order chi connectivity index (χ0) is 11.0. The monoisotopic (exact) mass is 207 g/mol. The van der Waals surface area contributed by atoms with E-state index in [1.54, 1.807) is 0 Å². The standard InChI is InChI=1S/C8H11F2NO3/c1-2-5(12)7(14-6(11)13)3-8(9,10)4-7/h2-4H2,1H3,(H2,11,13). The van der Waals surface area contributed by atoms with Gasteiger partial charge in [0.1, 0.15) is 0 Å². The molecule has 1 aliphatic rings. The first kappa shape index (κ1) is 10.9. The predicted octanol–water partition coefficient (Wildman–Crippen LogP) is 1.23. The summed E-state index contributed by atoms with van der Waals surface area (Å²) >= 11 is 0. The number of nitrogens with two attached hydrogens (primary N) is 1. The van der Waals surface area contributed by atoms with Gasteiger partial charge in [-0.15, -0.1) is 0 Å². The fourth-order valence-electron chi connectivity index (χ4n) is 1.62. The van der Waals surface area contributed by atoms with E-state index in [1.165, 1.54) is 6.92 Å². The van der Waals surface area contributed by atoms with Gasteiger partial charge in [-0.25, -0.2) is 13.6 Å². The lowest BCUT2D eigenvalue weighted by Gasteiger charge is -2.44. The summed E-state index contributed by atoms with van der Waals surface area (Å²) in [6.45, 7) is 1.52. The van der Waals surface area contributed by atoms with Crippen LogP contribution in [-0.2, 0) is 9.53 Å². The van der Waals surface area contributed by atoms with Crippen LogP contribution in [0.15, 0.2) is 0 Å². The van der Waals surface area contributed by atoms with Gasteiger partial charge < -0.3 is 10.5 Å². The number of amides is 1. The summed E-state index contributed by atoms with van der Waals surface area (Å²) in [6.07, 6.45) is -2.66. The molecule has 1 amide bonds. The Labute approximate surface area is 79.4 Å². The van der Waals surface area contributed by atoms with Crippen molar-refractivity contribution in [2.45, 2.75) is 37.7 Å². The predicted molar refractivity (Wildman–Crippen MR) is 42.9 cm³/mol. The van der Waals surface area contributed by atoms with Gasteiger partial charge in [0.15, 0.2) is 11.4 Å². The molecule has 4 nitrogen and oxygen atoms in total. The molecule has 0 bridgehead atoms. The van der Waals surface area contributed by atoms with Crippen molar-refractivity contribution < 1.29 is 23.1 Å². The van der Waals surface area contributed by atoms with Gasteiger partial charge in [-0.1, -0.05) is 6.92 Å². The second-order valence-corrected chi connectivity index (χ2v) is 3.40. The number of halogens is 2. The highest BCUT2D eigenvalue weighted by Crippen LogP contribution is 2.48. The first-order valence-electron chi connectivity index (χ1n) is 4.21. The fourth-order valence-corrected chi connectivity index (χ4v) is 1.62. The van der Waals surface area contributed by atoms with Crippen molar-refractivity contribution in [2.24, 2.45) is 5.73 Å². The molecule has 14 heavy (non-hydrogen) atoms. The molecule has 0 aromatic rings. The number of hydrogen-bond acceptors (Lipinski definition) is 3. The van der Waals surface area contributed by atoms with Gasteiger partial charge in [-0.05, 0) is 0 Å². The summed E-state index contributed by atoms with van der Waals surface area (Å²) in [5.74, 6) is -3.44. The lowest BCUT2D eigenvalue weighted by atomic mass is 9.73. The van der Waals surface area contributed by atoms with Crippen molar-refractivity contribution in [3.63, 3.8) is 0 Å². The van der Waals surface area contributed by atoms with Crippen LogP contribution in [0.4, 0.5) is 13.6 Å². The van der Waals surface area contributed by atoms with Crippen molar-refractivity contribution in [2.75, 3.05) is 0 Å². The summed E-state index contributed by atoms with van der Waals surface area (Å²) in [6, 6.07) is 0. The summed E-state index contributed by atoms with van der Waals surface area (Å²) in [5, 5.41) is 0. The molecule has 1 saturated carbocycles. The fraction of sp³-hybridized carbons (Fsp3) is 0.750. The molecule has 1 fully saturated rings. The second kappa shape index (κ2) is 3.18. The molecule has 6 heteroatoms. The van der Waals surface area contributed by atoms with E-state index in [0.29, 0.717) is 0 Å². The van der Waals surface area contributed by atoms with Crippen molar-refractivity contribution in [3.8, 4) is 0 Å². The van der Waals surface area contributed by atoms with Crippen molar-refractivity contribution in [1.29, 1.82) is 0 Å². The Balaban J connectivity index is 2.74. The van der Waals surface area contributed by atoms with Crippen LogP contribution in [0.25, 0.3) is 0 Å². The van der Waals surface area contributed by atoms with E-state index in [1.807, 2.05) is 0 Å². The van der Waals surface area contributed by atoms with Crippen LogP contribution in [0, 0.1) is 0 Å². The molecule has 0 atom stereocenters. The van der Waals surface area contributed by atoms with Gasteiger partial charge in [-0.2, -0.15) is 0 Å². The minimum absolute atomic E-state index is 0.0450. The van der Waals surface area contributed by atoms with Crippen LogP contribution in [-0.4, -0.2) is 23.4 Å². The molecule has 1 rings (SSSR count). The van der Waals surface area contributed by atoms with Crippen LogP contribution in [0.5, 0.6) is 0 Å². The smallest absolute Gasteiger partial charge is 0.405 e. The average molecular weight is 207 g/mol. The molecule has 0 heterocycles. The van der Waals surface area contributed by atoms with Gasteiger partial charge in [0.25, 0.3) is 5.92 Å². The topological polar surface area (TPSA) is 69.4 Å². The number of rotatable bonds is 3. The molecule has 0 spiro atoms. The van der Waals surface area contributed by atoms with Crippen molar-refractivity contribution in [1.82, 2.24) is 0 Å². The molecular formula is C8H11F2NO3. The third-order valence-corrected chi connectivity index (χ3v) is 2.21. The third-order valence-electron chi connectivity index (χ3n) is 2.21. The van der Waals surface area contributed by atoms with E-state index in [0.717, 1.165) is 0 Å². The highest BCUT2D eigenvalue weighted by atomic mass is 19.3. The SMILES string of the molecule is CCC(=O)C1(OC(N)=O)CC(F)(F)C1. The number of Topliss-reactive ketones (excluding diaryl/α,β-unsaturated/α-hetero) is 1. The molecule has 0 unspecified atom stereocenters. The average Bonchev–Trinajstić information content (AvgIpc) is 1.97. The molecule has 80 valence electrons. The Bertz CT molecular complexity index is 270. The van der Waals surface area contributed by atoms with E-state index in [-0.39, 0.29) is 6.42 Å². The normalized spacial score (nSPS) is 22.2. The Morgan fingerprint density at radius 3 is 2.21 bits per heavy atom. The third kappa shape index (κ3) is 1.83. The summed E-state index contributed by atoms with van der Waals surface area (Å²) < 4.78 is 29.7. The van der Waals surface area contributed by atoms with Crippen molar-refractivity contribution >= 4 is 11.9 Å². The second-order valence-electron chi connectivity index (χ2n) is 3.40. The quantitative estimate of drug-likeness (QED) is 0.756. The summed E-state index contributed by atoms with van der Waals surface area (Å²) in [5.41, 5.74) is 3.03. The maximum atomic E-state index is 12.6. The first-order chi connectivity index (χ1) is 6.31. The van der Waals surface area contributed by atoms with E-state index < -0.39 is 36.2 Å². The number of alkyl halides is 2. The molecule has 0 saturated heterocycles. The minimum atomic E-state index is -2.93. The Morgan fingerprint density at radius 1 is 1.43 bits per heavy atom. The van der Waals surface area contributed by atoms with E-state index >= 15 is 0 Å². The van der Waals surface area contributed by atoms with E-state index in [9.17, 15) is 18.4 Å². The van der Waals surface area contributed by atoms with Gasteiger partial charge in [0, 0.05) is 6.42 Å². The van der Waals surface area contributed by atoms with Gasteiger partial charge in [-0.3, -0.25) is 4.79 Å². The van der Waals surface area contributed by atoms with Crippen LogP contribution in [0.1, 0.15) is 26.2 Å². The van der Waals surface area contributed by atoms with Gasteiger partial charge in [0.05, 0.1) is 12.8 Å². The molecular weight excluding hydrogens is 196 g/mol. The number of carbonyl (C=O) groups is 2. The Hall–Kier alpha value is -1.20. The van der Waals surface area contributed by atoms with Crippen LogP contribution >= 0.6 is 0 Å². The largest absolute Gasteiger partial charge is 0.435 e. The molecule has 2 N–H and O–H groups in total. The number of carbonyl (C=O) groups excluding carboxylic acids is 2. The summed E-state index contributed by atoms with van der Waals surface area (Å²) in [7, 11) is 0. The van der Waals surface area contributed by atoms with Gasteiger partial charge >= 0.3 is 6.09 Å². The maximum absolute atomic E-state index is 12.6. The lowest BCUT2D eigenvalue weighted by molar-refractivity contribution is -0.204.